The van der Waals surface area contributed by atoms with Crippen molar-refractivity contribution in [3.63, 3.8) is 0 Å². The lowest BCUT2D eigenvalue weighted by Crippen LogP contribution is -2.48. The Labute approximate surface area is 204 Å². The zero-order chi connectivity index (χ0) is 24.6. The van der Waals surface area contributed by atoms with Crippen LogP contribution >= 0.6 is 0 Å². The topological polar surface area (TPSA) is 90.5 Å². The molecule has 0 spiro atoms. The first kappa shape index (κ1) is 24.1. The second-order valence-corrected chi connectivity index (χ2v) is 8.41. The fourth-order valence-corrected chi connectivity index (χ4v) is 3.99. The van der Waals surface area contributed by atoms with Gasteiger partial charge in [0.25, 0.3) is 5.91 Å². The molecule has 2 aromatic heterocycles. The van der Waals surface area contributed by atoms with Gasteiger partial charge in [-0.1, -0.05) is 18.2 Å². The van der Waals surface area contributed by atoms with Crippen molar-refractivity contribution in [1.29, 1.82) is 0 Å². The van der Waals surface area contributed by atoms with Crippen molar-refractivity contribution in [3.8, 4) is 0 Å². The number of rotatable bonds is 8. The summed E-state index contributed by atoms with van der Waals surface area (Å²) in [5, 5.41) is 6.19. The number of nitrogens with one attached hydrogen (secondary N) is 2. The van der Waals surface area contributed by atoms with Gasteiger partial charge in [0.2, 0.25) is 5.91 Å². The van der Waals surface area contributed by atoms with Crippen LogP contribution in [0.3, 0.4) is 0 Å². The molecule has 0 saturated carbocycles. The van der Waals surface area contributed by atoms with Gasteiger partial charge >= 0.3 is 0 Å². The maximum absolute atomic E-state index is 13.5. The first-order chi connectivity index (χ1) is 17.0. The maximum atomic E-state index is 13.5. The molecule has 0 radical (unpaired) electrons. The molecule has 0 bridgehead atoms. The van der Waals surface area contributed by atoms with Crippen LogP contribution in [0.2, 0.25) is 0 Å². The Hall–Kier alpha value is -4.01. The molecule has 1 aliphatic heterocycles. The first-order valence-corrected chi connectivity index (χ1v) is 11.7. The Kier molecular flexibility index (Phi) is 7.87. The van der Waals surface area contributed by atoms with Crippen LogP contribution in [0.15, 0.2) is 60.9 Å². The summed E-state index contributed by atoms with van der Waals surface area (Å²) in [6.07, 6.45) is 3.98. The number of anilines is 2. The monoisotopic (exact) mass is 476 g/mol. The third-order valence-corrected chi connectivity index (χ3v) is 5.95. The summed E-state index contributed by atoms with van der Waals surface area (Å²) in [5.41, 5.74) is 2.19. The fourth-order valence-electron chi connectivity index (χ4n) is 3.99. The molecule has 1 aromatic carbocycles. The summed E-state index contributed by atoms with van der Waals surface area (Å²) in [7, 11) is 0. The number of amides is 2. The predicted molar refractivity (Wildman–Crippen MR) is 133 cm³/mol. The van der Waals surface area contributed by atoms with E-state index in [1.54, 1.807) is 31.5 Å². The molecular weight excluding hydrogens is 447 g/mol. The molecular formula is C26H29FN6O2. The summed E-state index contributed by atoms with van der Waals surface area (Å²) < 4.78 is 13.5. The van der Waals surface area contributed by atoms with Crippen molar-refractivity contribution in [2.24, 2.45) is 0 Å². The standard InChI is InChI=1S/C26H29FN6O2/c1-19(34)32-12-14-33(15-13-32)24-8-7-23(26(35)30-18-21-5-3-10-28-17-21)25(31-24)29-11-9-20-4-2-6-22(27)16-20/h2-8,10,16-17H,9,11-15,18H2,1H3,(H,29,31)(H,30,35). The van der Waals surface area contributed by atoms with E-state index in [9.17, 15) is 14.0 Å². The smallest absolute Gasteiger partial charge is 0.255 e. The molecule has 1 fully saturated rings. The van der Waals surface area contributed by atoms with E-state index in [1.807, 2.05) is 29.2 Å². The molecule has 1 saturated heterocycles. The number of hydrogen-bond donors (Lipinski definition) is 2. The van der Waals surface area contributed by atoms with Crippen LogP contribution in [0.4, 0.5) is 16.0 Å². The second-order valence-electron chi connectivity index (χ2n) is 8.41. The van der Waals surface area contributed by atoms with Crippen molar-refractivity contribution >= 4 is 23.5 Å². The molecule has 35 heavy (non-hydrogen) atoms. The van der Waals surface area contributed by atoms with Gasteiger partial charge in [0.15, 0.2) is 0 Å². The normalized spacial score (nSPS) is 13.4. The van der Waals surface area contributed by atoms with Crippen molar-refractivity contribution in [2.75, 3.05) is 42.9 Å². The highest BCUT2D eigenvalue weighted by molar-refractivity contribution is 5.99. The number of nitrogens with zero attached hydrogens (tertiary/aromatic N) is 4. The van der Waals surface area contributed by atoms with Crippen LogP contribution in [-0.4, -0.2) is 59.4 Å². The molecule has 0 unspecified atom stereocenters. The largest absolute Gasteiger partial charge is 0.369 e. The third kappa shape index (κ3) is 6.53. The highest BCUT2D eigenvalue weighted by atomic mass is 19.1. The van der Waals surface area contributed by atoms with Crippen LogP contribution in [0.1, 0.15) is 28.4 Å². The quantitative estimate of drug-likeness (QED) is 0.520. The predicted octanol–water partition coefficient (Wildman–Crippen LogP) is 2.87. The molecule has 4 rings (SSSR count). The van der Waals surface area contributed by atoms with Gasteiger partial charge in [-0.15, -0.1) is 0 Å². The molecule has 182 valence electrons. The summed E-state index contributed by atoms with van der Waals surface area (Å²) in [4.78, 5) is 37.4. The zero-order valence-corrected chi connectivity index (χ0v) is 19.7. The number of benzene rings is 1. The Bertz CT molecular complexity index is 1170. The number of aromatic nitrogens is 2. The van der Waals surface area contributed by atoms with Crippen LogP contribution in [-0.2, 0) is 17.8 Å². The molecule has 3 aromatic rings. The van der Waals surface area contributed by atoms with Crippen LogP contribution in [0.25, 0.3) is 0 Å². The first-order valence-electron chi connectivity index (χ1n) is 11.7. The summed E-state index contributed by atoms with van der Waals surface area (Å²) in [5.74, 6) is 0.755. The van der Waals surface area contributed by atoms with Crippen molar-refractivity contribution in [3.05, 3.63) is 83.4 Å². The lowest BCUT2D eigenvalue weighted by atomic mass is 10.1. The molecule has 0 atom stereocenters. The van der Waals surface area contributed by atoms with Crippen LogP contribution in [0, 0.1) is 5.82 Å². The SMILES string of the molecule is CC(=O)N1CCN(c2ccc(C(=O)NCc3cccnc3)c(NCCc3cccc(F)c3)n2)CC1. The van der Waals surface area contributed by atoms with E-state index in [0.717, 1.165) is 16.9 Å². The number of halogens is 1. The van der Waals surface area contributed by atoms with Gasteiger partial charge in [0, 0.05) is 58.6 Å². The average Bonchev–Trinajstić information content (AvgIpc) is 2.88. The van der Waals surface area contributed by atoms with Gasteiger partial charge in [-0.05, 0) is 47.9 Å². The van der Waals surface area contributed by atoms with Gasteiger partial charge in [0.1, 0.15) is 17.5 Å². The Morgan fingerprint density at radius 3 is 2.54 bits per heavy atom. The molecule has 9 heteroatoms. The minimum absolute atomic E-state index is 0.0675. The Balaban J connectivity index is 1.48. The zero-order valence-electron chi connectivity index (χ0n) is 19.7. The lowest BCUT2D eigenvalue weighted by Gasteiger charge is -2.35. The number of carbonyl (C=O) groups is 2. The van der Waals surface area contributed by atoms with E-state index < -0.39 is 0 Å². The average molecular weight is 477 g/mol. The molecule has 8 nitrogen and oxygen atoms in total. The second kappa shape index (κ2) is 11.4. The van der Waals surface area contributed by atoms with Crippen LogP contribution in [0.5, 0.6) is 0 Å². The van der Waals surface area contributed by atoms with Gasteiger partial charge in [-0.2, -0.15) is 0 Å². The number of hydrogen-bond acceptors (Lipinski definition) is 6. The molecule has 3 heterocycles. The lowest BCUT2D eigenvalue weighted by molar-refractivity contribution is -0.129. The van der Waals surface area contributed by atoms with Gasteiger partial charge in [0.05, 0.1) is 5.56 Å². The Morgan fingerprint density at radius 2 is 1.83 bits per heavy atom. The minimum atomic E-state index is -0.275. The summed E-state index contributed by atoms with van der Waals surface area (Å²) in [6, 6.07) is 13.8. The van der Waals surface area contributed by atoms with Crippen molar-refractivity contribution < 1.29 is 14.0 Å². The van der Waals surface area contributed by atoms with Crippen molar-refractivity contribution in [1.82, 2.24) is 20.2 Å². The number of piperazine rings is 1. The van der Waals surface area contributed by atoms with E-state index in [1.165, 1.54) is 12.1 Å². The van der Waals surface area contributed by atoms with E-state index in [4.69, 9.17) is 4.98 Å². The fraction of sp³-hybridized carbons (Fsp3) is 0.308. The van der Waals surface area contributed by atoms with E-state index in [0.29, 0.717) is 57.1 Å². The van der Waals surface area contributed by atoms with Crippen LogP contribution < -0.4 is 15.5 Å². The van der Waals surface area contributed by atoms with Gasteiger partial charge < -0.3 is 20.4 Å². The molecule has 1 aliphatic rings. The van der Waals surface area contributed by atoms with Crippen molar-refractivity contribution in [2.45, 2.75) is 19.9 Å². The number of carbonyl (C=O) groups excluding carboxylic acids is 2. The Morgan fingerprint density at radius 1 is 1.03 bits per heavy atom. The van der Waals surface area contributed by atoms with E-state index in [2.05, 4.69) is 20.5 Å². The third-order valence-electron chi connectivity index (χ3n) is 5.95. The summed E-state index contributed by atoms with van der Waals surface area (Å²) >= 11 is 0. The maximum Gasteiger partial charge on any atom is 0.255 e. The van der Waals surface area contributed by atoms with E-state index in [-0.39, 0.29) is 17.6 Å². The molecule has 0 aliphatic carbocycles. The van der Waals surface area contributed by atoms with Gasteiger partial charge in [-0.25, -0.2) is 9.37 Å². The van der Waals surface area contributed by atoms with Gasteiger partial charge in [-0.3, -0.25) is 14.6 Å². The molecule has 2 N–H and O–H groups in total. The minimum Gasteiger partial charge on any atom is -0.369 e. The summed E-state index contributed by atoms with van der Waals surface area (Å²) in [6.45, 7) is 5.02. The highest BCUT2D eigenvalue weighted by Crippen LogP contribution is 2.21. The number of pyridine rings is 2. The highest BCUT2D eigenvalue weighted by Gasteiger charge is 2.21. The van der Waals surface area contributed by atoms with E-state index >= 15 is 0 Å². The molecule has 2 amide bonds.